The Morgan fingerprint density at radius 1 is 1.29 bits per heavy atom. The van der Waals surface area contributed by atoms with E-state index in [1.807, 2.05) is 6.92 Å². The Hall–Kier alpha value is -1.49. The van der Waals surface area contributed by atoms with Gasteiger partial charge in [-0.05, 0) is 12.1 Å². The second kappa shape index (κ2) is 6.30. The first-order chi connectivity index (χ1) is 8.10. The Kier molecular flexibility index (Phi) is 5.03. The maximum absolute atomic E-state index is 12.4. The molecule has 0 saturated carbocycles. The average Bonchev–Trinajstić information content (AvgIpc) is 2.35. The summed E-state index contributed by atoms with van der Waals surface area (Å²) in [7, 11) is 1.29. The molecular formula is C12H15F2NO2. The molecular weight excluding hydrogens is 228 g/mol. The van der Waals surface area contributed by atoms with Gasteiger partial charge < -0.3 is 10.1 Å². The van der Waals surface area contributed by atoms with Crippen molar-refractivity contribution in [2.45, 2.75) is 19.4 Å². The Morgan fingerprint density at radius 3 is 2.24 bits per heavy atom. The van der Waals surface area contributed by atoms with Gasteiger partial charge in [0.15, 0.2) is 0 Å². The van der Waals surface area contributed by atoms with E-state index in [2.05, 4.69) is 10.1 Å². The van der Waals surface area contributed by atoms with Crippen LogP contribution in [0, 0.1) is 0 Å². The lowest BCUT2D eigenvalue weighted by Gasteiger charge is -2.16. The van der Waals surface area contributed by atoms with Crippen LogP contribution in [0.4, 0.5) is 8.78 Å². The number of ether oxygens (including phenoxy) is 1. The van der Waals surface area contributed by atoms with Crippen LogP contribution in [0.25, 0.3) is 0 Å². The third-order valence-corrected chi connectivity index (χ3v) is 2.37. The quantitative estimate of drug-likeness (QED) is 0.807. The zero-order valence-electron chi connectivity index (χ0n) is 9.74. The molecule has 0 fully saturated rings. The number of carbonyl (C=O) groups is 1. The molecule has 1 N–H and O–H groups in total. The number of benzene rings is 1. The Bertz CT molecular complexity index is 365. The lowest BCUT2D eigenvalue weighted by Crippen LogP contribution is -2.29. The van der Waals surface area contributed by atoms with Gasteiger partial charge in [0.25, 0.3) is 6.43 Å². The molecule has 1 aromatic carbocycles. The third-order valence-electron chi connectivity index (χ3n) is 2.37. The summed E-state index contributed by atoms with van der Waals surface area (Å²) >= 11 is 0. The number of esters is 1. The number of hydrogen-bond donors (Lipinski definition) is 1. The zero-order valence-corrected chi connectivity index (χ0v) is 9.74. The summed E-state index contributed by atoms with van der Waals surface area (Å²) in [5, 5.41) is 2.94. The van der Waals surface area contributed by atoms with E-state index in [1.165, 1.54) is 31.4 Å². The van der Waals surface area contributed by atoms with Gasteiger partial charge in [0.2, 0.25) is 0 Å². The van der Waals surface area contributed by atoms with E-state index in [0.717, 1.165) is 0 Å². The van der Waals surface area contributed by atoms with Crippen molar-refractivity contribution in [3.63, 3.8) is 0 Å². The molecule has 0 aliphatic heterocycles. The van der Waals surface area contributed by atoms with Crippen LogP contribution in [0.1, 0.15) is 30.5 Å². The molecule has 0 bridgehead atoms. The molecule has 3 nitrogen and oxygen atoms in total. The van der Waals surface area contributed by atoms with Gasteiger partial charge in [0.05, 0.1) is 7.11 Å². The minimum atomic E-state index is -2.50. The fraction of sp³-hybridized carbons (Fsp3) is 0.417. The summed E-state index contributed by atoms with van der Waals surface area (Å²) in [4.78, 5) is 11.5. The maximum atomic E-state index is 12.4. The molecule has 1 atom stereocenters. The number of hydrogen-bond acceptors (Lipinski definition) is 3. The fourth-order valence-corrected chi connectivity index (χ4v) is 1.49. The highest BCUT2D eigenvalue weighted by atomic mass is 19.3. The average molecular weight is 243 g/mol. The summed E-state index contributed by atoms with van der Waals surface area (Å²) in [6.45, 7) is 2.43. The van der Waals surface area contributed by atoms with Gasteiger partial charge >= 0.3 is 5.97 Å². The van der Waals surface area contributed by atoms with E-state index in [9.17, 15) is 13.6 Å². The van der Waals surface area contributed by atoms with Crippen LogP contribution in [0.5, 0.6) is 0 Å². The van der Waals surface area contributed by atoms with Crippen molar-refractivity contribution in [1.82, 2.24) is 5.32 Å². The number of likely N-dealkylation sites (N-methyl/N-ethyl adjacent to an activating group) is 1. The van der Waals surface area contributed by atoms with Crippen molar-refractivity contribution >= 4 is 5.97 Å². The van der Waals surface area contributed by atoms with Crippen molar-refractivity contribution in [3.05, 3.63) is 35.4 Å². The first kappa shape index (κ1) is 13.6. The van der Waals surface area contributed by atoms with Crippen LogP contribution in [0.3, 0.4) is 0 Å². The van der Waals surface area contributed by atoms with Crippen molar-refractivity contribution in [3.8, 4) is 0 Å². The largest absolute Gasteiger partial charge is 0.468 e. The number of rotatable bonds is 5. The number of nitrogens with one attached hydrogen (secondary N) is 1. The van der Waals surface area contributed by atoms with Crippen molar-refractivity contribution in [1.29, 1.82) is 0 Å². The molecule has 0 aliphatic carbocycles. The first-order valence-corrected chi connectivity index (χ1v) is 5.29. The van der Waals surface area contributed by atoms with Gasteiger partial charge in [-0.1, -0.05) is 31.2 Å². The van der Waals surface area contributed by atoms with Crippen LogP contribution in [-0.2, 0) is 9.53 Å². The van der Waals surface area contributed by atoms with E-state index in [-0.39, 0.29) is 5.56 Å². The second-order valence-corrected chi connectivity index (χ2v) is 3.48. The summed E-state index contributed by atoms with van der Waals surface area (Å²) < 4.78 is 29.4. The van der Waals surface area contributed by atoms with E-state index in [4.69, 9.17) is 0 Å². The lowest BCUT2D eigenvalue weighted by atomic mass is 10.0. The van der Waals surface area contributed by atoms with Gasteiger partial charge in [-0.3, -0.25) is 0 Å². The van der Waals surface area contributed by atoms with Crippen LogP contribution < -0.4 is 5.32 Å². The Balaban J connectivity index is 2.91. The van der Waals surface area contributed by atoms with Gasteiger partial charge in [-0.25, -0.2) is 13.6 Å². The van der Waals surface area contributed by atoms with E-state index in [0.29, 0.717) is 12.1 Å². The highest BCUT2D eigenvalue weighted by molar-refractivity contribution is 5.77. The minimum Gasteiger partial charge on any atom is -0.468 e. The van der Waals surface area contributed by atoms with Gasteiger partial charge in [0.1, 0.15) is 6.04 Å². The first-order valence-electron chi connectivity index (χ1n) is 5.29. The monoisotopic (exact) mass is 243 g/mol. The molecule has 0 saturated heterocycles. The summed E-state index contributed by atoms with van der Waals surface area (Å²) in [5.41, 5.74) is 0.553. The summed E-state index contributed by atoms with van der Waals surface area (Å²) in [6.07, 6.45) is -2.50. The van der Waals surface area contributed by atoms with Gasteiger partial charge in [-0.15, -0.1) is 0 Å². The predicted octanol–water partition coefficient (Wildman–Crippen LogP) is 2.45. The number of methoxy groups -OCH3 is 1. The SMILES string of the molecule is CCNC(C(=O)OC)c1ccc(C(F)F)cc1. The van der Waals surface area contributed by atoms with Gasteiger partial charge in [-0.2, -0.15) is 0 Å². The Labute approximate surface area is 98.8 Å². The summed E-state index contributed by atoms with van der Waals surface area (Å²) in [6, 6.07) is 5.02. The van der Waals surface area contributed by atoms with E-state index >= 15 is 0 Å². The molecule has 1 unspecified atom stereocenters. The number of alkyl halides is 2. The van der Waals surface area contributed by atoms with Crippen LogP contribution in [0.15, 0.2) is 24.3 Å². The third kappa shape index (κ3) is 3.49. The molecule has 1 rings (SSSR count). The molecule has 0 amide bonds. The maximum Gasteiger partial charge on any atom is 0.327 e. The molecule has 17 heavy (non-hydrogen) atoms. The highest BCUT2D eigenvalue weighted by Gasteiger charge is 2.20. The fourth-order valence-electron chi connectivity index (χ4n) is 1.49. The minimum absolute atomic E-state index is 0.0612. The standard InChI is InChI=1S/C12H15F2NO2/c1-3-15-10(12(16)17-2)8-4-6-9(7-5-8)11(13)14/h4-7,10-11,15H,3H2,1-2H3. The van der Waals surface area contributed by atoms with Crippen LogP contribution in [0.2, 0.25) is 0 Å². The molecule has 0 spiro atoms. The van der Waals surface area contributed by atoms with Gasteiger partial charge in [0, 0.05) is 5.56 Å². The van der Waals surface area contributed by atoms with Crippen molar-refractivity contribution in [2.24, 2.45) is 0 Å². The lowest BCUT2D eigenvalue weighted by molar-refractivity contribution is -0.143. The number of halogens is 2. The second-order valence-electron chi connectivity index (χ2n) is 3.48. The molecule has 94 valence electrons. The van der Waals surface area contributed by atoms with E-state index in [1.54, 1.807) is 0 Å². The summed E-state index contributed by atoms with van der Waals surface area (Å²) in [5.74, 6) is -0.434. The topological polar surface area (TPSA) is 38.3 Å². The normalized spacial score (nSPS) is 12.5. The smallest absolute Gasteiger partial charge is 0.327 e. The van der Waals surface area contributed by atoms with Crippen molar-refractivity contribution < 1.29 is 18.3 Å². The van der Waals surface area contributed by atoms with Crippen LogP contribution in [-0.4, -0.2) is 19.6 Å². The van der Waals surface area contributed by atoms with E-state index < -0.39 is 18.4 Å². The molecule has 0 aromatic heterocycles. The zero-order chi connectivity index (χ0) is 12.8. The molecule has 0 heterocycles. The molecule has 0 radical (unpaired) electrons. The Morgan fingerprint density at radius 2 is 1.82 bits per heavy atom. The van der Waals surface area contributed by atoms with Crippen molar-refractivity contribution in [2.75, 3.05) is 13.7 Å². The van der Waals surface area contributed by atoms with Crippen LogP contribution >= 0.6 is 0 Å². The molecule has 1 aromatic rings. The molecule has 5 heteroatoms. The number of carbonyl (C=O) groups excluding carboxylic acids is 1. The highest BCUT2D eigenvalue weighted by Crippen LogP contribution is 2.21. The predicted molar refractivity (Wildman–Crippen MR) is 59.8 cm³/mol. The molecule has 0 aliphatic rings.